The number of aromatic nitrogens is 1. The van der Waals surface area contributed by atoms with Crippen molar-refractivity contribution in [3.05, 3.63) is 65.0 Å². The highest BCUT2D eigenvalue weighted by Crippen LogP contribution is 2.16. The summed E-state index contributed by atoms with van der Waals surface area (Å²) in [5.74, 6) is -0.858. The lowest BCUT2D eigenvalue weighted by molar-refractivity contribution is -0.143. The van der Waals surface area contributed by atoms with Crippen molar-refractivity contribution >= 4 is 11.9 Å². The summed E-state index contributed by atoms with van der Waals surface area (Å²) in [7, 11) is 1.29. The standard InChI is InChI=1S/C17H18N2O3/c1-11-6-7-14(12(2)9-11)16(20)19-15(17(21)22-3)13-5-4-8-18-10-13/h4-10,15H,1-3H3,(H,19,20)/t15-/m1/s1. The van der Waals surface area contributed by atoms with Crippen molar-refractivity contribution in [2.24, 2.45) is 0 Å². The Bertz CT molecular complexity index is 684. The van der Waals surface area contributed by atoms with Gasteiger partial charge in [-0.3, -0.25) is 9.78 Å². The molecule has 0 aliphatic carbocycles. The predicted octanol–water partition coefficient (Wildman–Crippen LogP) is 2.34. The Hall–Kier alpha value is -2.69. The van der Waals surface area contributed by atoms with Crippen LogP contribution in [0, 0.1) is 13.8 Å². The van der Waals surface area contributed by atoms with E-state index >= 15 is 0 Å². The van der Waals surface area contributed by atoms with E-state index < -0.39 is 12.0 Å². The van der Waals surface area contributed by atoms with Crippen molar-refractivity contribution in [3.63, 3.8) is 0 Å². The molecule has 0 bridgehead atoms. The number of pyridine rings is 1. The van der Waals surface area contributed by atoms with E-state index in [0.29, 0.717) is 11.1 Å². The molecule has 2 rings (SSSR count). The molecule has 22 heavy (non-hydrogen) atoms. The van der Waals surface area contributed by atoms with Crippen molar-refractivity contribution in [2.75, 3.05) is 7.11 Å². The summed E-state index contributed by atoms with van der Waals surface area (Å²) in [5, 5.41) is 2.71. The van der Waals surface area contributed by atoms with Gasteiger partial charge >= 0.3 is 5.97 Å². The summed E-state index contributed by atoms with van der Waals surface area (Å²) < 4.78 is 4.77. The van der Waals surface area contributed by atoms with Crippen LogP contribution in [-0.4, -0.2) is 24.0 Å². The maximum atomic E-state index is 12.4. The minimum atomic E-state index is -0.882. The molecule has 1 aromatic heterocycles. The number of benzene rings is 1. The number of amides is 1. The fourth-order valence-corrected chi connectivity index (χ4v) is 2.22. The summed E-state index contributed by atoms with van der Waals surface area (Å²) in [4.78, 5) is 28.4. The second kappa shape index (κ2) is 6.85. The van der Waals surface area contributed by atoms with Crippen LogP contribution >= 0.6 is 0 Å². The molecular weight excluding hydrogens is 280 g/mol. The van der Waals surface area contributed by atoms with Crippen LogP contribution in [0.3, 0.4) is 0 Å². The van der Waals surface area contributed by atoms with Crippen molar-refractivity contribution in [2.45, 2.75) is 19.9 Å². The van der Waals surface area contributed by atoms with Gasteiger partial charge in [0.25, 0.3) is 5.91 Å². The number of methoxy groups -OCH3 is 1. The zero-order valence-electron chi connectivity index (χ0n) is 12.8. The van der Waals surface area contributed by atoms with Gasteiger partial charge in [0.05, 0.1) is 7.11 Å². The topological polar surface area (TPSA) is 68.3 Å². The molecule has 2 aromatic rings. The van der Waals surface area contributed by atoms with Crippen molar-refractivity contribution in [3.8, 4) is 0 Å². The molecule has 1 atom stereocenters. The van der Waals surface area contributed by atoms with Crippen molar-refractivity contribution in [1.82, 2.24) is 10.3 Å². The Morgan fingerprint density at radius 1 is 1.23 bits per heavy atom. The molecule has 1 N–H and O–H groups in total. The Morgan fingerprint density at radius 2 is 2.00 bits per heavy atom. The van der Waals surface area contributed by atoms with Crippen molar-refractivity contribution < 1.29 is 14.3 Å². The second-order valence-electron chi connectivity index (χ2n) is 5.03. The van der Waals surface area contributed by atoms with E-state index in [4.69, 9.17) is 4.74 Å². The molecule has 1 aromatic carbocycles. The normalized spacial score (nSPS) is 11.6. The first kappa shape index (κ1) is 15.7. The van der Waals surface area contributed by atoms with Crippen LogP contribution in [0.4, 0.5) is 0 Å². The predicted molar refractivity (Wildman–Crippen MR) is 82.4 cm³/mol. The van der Waals surface area contributed by atoms with Crippen LogP contribution in [0.5, 0.6) is 0 Å². The average molecular weight is 298 g/mol. The molecule has 1 heterocycles. The minimum Gasteiger partial charge on any atom is -0.467 e. The number of rotatable bonds is 4. The maximum absolute atomic E-state index is 12.4. The van der Waals surface area contributed by atoms with Crippen LogP contribution in [0.1, 0.15) is 33.1 Å². The molecule has 0 fully saturated rings. The monoisotopic (exact) mass is 298 g/mol. The molecule has 0 aliphatic heterocycles. The molecule has 0 unspecified atom stereocenters. The summed E-state index contributed by atoms with van der Waals surface area (Å²) in [6.45, 7) is 3.82. The molecule has 1 amide bonds. The fraction of sp³-hybridized carbons (Fsp3) is 0.235. The van der Waals surface area contributed by atoms with E-state index in [-0.39, 0.29) is 5.91 Å². The van der Waals surface area contributed by atoms with Crippen molar-refractivity contribution in [1.29, 1.82) is 0 Å². The third-order valence-corrected chi connectivity index (χ3v) is 3.36. The zero-order valence-corrected chi connectivity index (χ0v) is 12.8. The Labute approximate surface area is 129 Å². The number of carbonyl (C=O) groups excluding carboxylic acids is 2. The highest BCUT2D eigenvalue weighted by Gasteiger charge is 2.24. The summed E-state index contributed by atoms with van der Waals surface area (Å²) >= 11 is 0. The molecular formula is C17H18N2O3. The molecule has 5 heteroatoms. The van der Waals surface area contributed by atoms with Gasteiger partial charge in [-0.2, -0.15) is 0 Å². The van der Waals surface area contributed by atoms with Crippen LogP contribution in [0.2, 0.25) is 0 Å². The van der Waals surface area contributed by atoms with Gasteiger partial charge in [0.15, 0.2) is 6.04 Å². The molecule has 0 radical (unpaired) electrons. The van der Waals surface area contributed by atoms with Crippen LogP contribution in [0.25, 0.3) is 0 Å². The SMILES string of the molecule is COC(=O)[C@H](NC(=O)c1ccc(C)cc1C)c1cccnc1. The van der Waals surface area contributed by atoms with E-state index in [9.17, 15) is 9.59 Å². The number of nitrogens with one attached hydrogen (secondary N) is 1. The van der Waals surface area contributed by atoms with Crippen LogP contribution in [-0.2, 0) is 9.53 Å². The first-order chi connectivity index (χ1) is 10.5. The number of nitrogens with zero attached hydrogens (tertiary/aromatic N) is 1. The number of ether oxygens (including phenoxy) is 1. The van der Waals surface area contributed by atoms with Gasteiger partial charge in [-0.1, -0.05) is 23.8 Å². The molecule has 0 aliphatic rings. The molecule has 5 nitrogen and oxygen atoms in total. The Kier molecular flexibility index (Phi) is 4.88. The quantitative estimate of drug-likeness (QED) is 0.880. The van der Waals surface area contributed by atoms with E-state index in [1.165, 1.54) is 13.3 Å². The summed E-state index contributed by atoms with van der Waals surface area (Å²) in [6.07, 6.45) is 3.13. The molecule has 0 spiro atoms. The number of carbonyl (C=O) groups is 2. The summed E-state index contributed by atoms with van der Waals surface area (Å²) in [6, 6.07) is 8.07. The number of hydrogen-bond donors (Lipinski definition) is 1. The van der Waals surface area contributed by atoms with Gasteiger partial charge in [0, 0.05) is 23.5 Å². The maximum Gasteiger partial charge on any atom is 0.333 e. The third kappa shape index (κ3) is 3.49. The van der Waals surface area contributed by atoms with Gasteiger partial charge < -0.3 is 10.1 Å². The smallest absolute Gasteiger partial charge is 0.333 e. The first-order valence-electron chi connectivity index (χ1n) is 6.89. The average Bonchev–Trinajstić information content (AvgIpc) is 2.52. The molecule has 0 saturated heterocycles. The highest BCUT2D eigenvalue weighted by atomic mass is 16.5. The number of aryl methyl sites for hydroxylation is 2. The molecule has 0 saturated carbocycles. The zero-order chi connectivity index (χ0) is 16.1. The number of esters is 1. The lowest BCUT2D eigenvalue weighted by Crippen LogP contribution is -2.35. The van der Waals surface area contributed by atoms with Crippen LogP contribution < -0.4 is 5.32 Å². The summed E-state index contributed by atoms with van der Waals surface area (Å²) in [5.41, 5.74) is 3.04. The second-order valence-corrected chi connectivity index (χ2v) is 5.03. The van der Waals surface area contributed by atoms with E-state index in [2.05, 4.69) is 10.3 Å². The third-order valence-electron chi connectivity index (χ3n) is 3.36. The van der Waals surface area contributed by atoms with E-state index in [1.54, 1.807) is 24.4 Å². The first-order valence-corrected chi connectivity index (χ1v) is 6.89. The van der Waals surface area contributed by atoms with Gasteiger partial charge in [-0.05, 0) is 31.5 Å². The van der Waals surface area contributed by atoms with Gasteiger partial charge in [-0.15, -0.1) is 0 Å². The highest BCUT2D eigenvalue weighted by molar-refractivity contribution is 5.98. The fourth-order valence-electron chi connectivity index (χ4n) is 2.22. The van der Waals surface area contributed by atoms with Gasteiger partial charge in [-0.25, -0.2) is 4.79 Å². The van der Waals surface area contributed by atoms with Gasteiger partial charge in [0.2, 0.25) is 0 Å². The van der Waals surface area contributed by atoms with Gasteiger partial charge in [0.1, 0.15) is 0 Å². The lowest BCUT2D eigenvalue weighted by Gasteiger charge is -2.17. The van der Waals surface area contributed by atoms with E-state index in [0.717, 1.165) is 11.1 Å². The largest absolute Gasteiger partial charge is 0.467 e. The van der Waals surface area contributed by atoms with E-state index in [1.807, 2.05) is 26.0 Å². The Balaban J connectivity index is 2.27. The minimum absolute atomic E-state index is 0.322. The number of hydrogen-bond acceptors (Lipinski definition) is 4. The lowest BCUT2D eigenvalue weighted by atomic mass is 10.0. The molecule has 114 valence electrons. The van der Waals surface area contributed by atoms with Crippen LogP contribution in [0.15, 0.2) is 42.7 Å². The Morgan fingerprint density at radius 3 is 2.59 bits per heavy atom.